The van der Waals surface area contributed by atoms with Crippen LogP contribution in [0, 0.1) is 0 Å². The molecule has 1 fully saturated rings. The van der Waals surface area contributed by atoms with Gasteiger partial charge >= 0.3 is 0 Å². The van der Waals surface area contributed by atoms with Gasteiger partial charge in [-0.3, -0.25) is 0 Å². The first-order chi connectivity index (χ1) is 12.3. The number of rotatable bonds is 4. The number of anilines is 2. The summed E-state index contributed by atoms with van der Waals surface area (Å²) in [4.78, 5) is 2.38. The molecule has 1 N–H and O–H groups in total. The molecule has 4 heteroatoms. The van der Waals surface area contributed by atoms with Crippen molar-refractivity contribution in [2.45, 2.75) is 32.2 Å². The average Bonchev–Trinajstić information content (AvgIpc) is 2.69. The fourth-order valence-electron chi connectivity index (χ4n) is 3.57. The van der Waals surface area contributed by atoms with Crippen molar-refractivity contribution in [3.05, 3.63) is 60.2 Å². The first-order valence-corrected chi connectivity index (χ1v) is 9.15. The van der Waals surface area contributed by atoms with E-state index in [0.29, 0.717) is 0 Å². The van der Waals surface area contributed by atoms with E-state index >= 15 is 0 Å². The second-order valence-electron chi connectivity index (χ2n) is 6.74. The van der Waals surface area contributed by atoms with Gasteiger partial charge in [0.25, 0.3) is 0 Å². The van der Waals surface area contributed by atoms with Gasteiger partial charge in [0.05, 0.1) is 6.04 Å². The Bertz CT molecular complexity index is 841. The number of aromatic nitrogens is 2. The zero-order valence-electron chi connectivity index (χ0n) is 14.7. The Morgan fingerprint density at radius 2 is 1.52 bits per heavy atom. The third-order valence-electron chi connectivity index (χ3n) is 4.98. The standard InChI is InChI=1S/C21H24N4/c1-16(17-10-4-2-5-11-17)22-20-18-12-6-7-13-19(18)21(24-23-20)25-14-8-3-9-15-25/h2,4-7,10-13,16H,3,8-9,14-15H2,1H3,(H,22,23). The lowest BCUT2D eigenvalue weighted by Crippen LogP contribution is -2.30. The lowest BCUT2D eigenvalue weighted by Gasteiger charge is -2.28. The molecule has 1 saturated heterocycles. The number of hydrogen-bond donors (Lipinski definition) is 1. The van der Waals surface area contributed by atoms with Crippen LogP contribution in [0.1, 0.15) is 37.8 Å². The molecule has 1 unspecified atom stereocenters. The van der Waals surface area contributed by atoms with Gasteiger partial charge in [0, 0.05) is 23.9 Å². The van der Waals surface area contributed by atoms with Crippen molar-refractivity contribution >= 4 is 22.4 Å². The zero-order chi connectivity index (χ0) is 17.1. The topological polar surface area (TPSA) is 41.1 Å². The highest BCUT2D eigenvalue weighted by Crippen LogP contribution is 2.31. The molecule has 2 aromatic carbocycles. The predicted molar refractivity (Wildman–Crippen MR) is 104 cm³/mol. The maximum Gasteiger partial charge on any atom is 0.159 e. The Morgan fingerprint density at radius 1 is 0.840 bits per heavy atom. The molecular formula is C21H24N4. The molecule has 1 aromatic heterocycles. The molecule has 0 spiro atoms. The molecule has 3 aromatic rings. The van der Waals surface area contributed by atoms with Crippen molar-refractivity contribution < 1.29 is 0 Å². The first-order valence-electron chi connectivity index (χ1n) is 9.15. The van der Waals surface area contributed by atoms with E-state index in [1.165, 1.54) is 30.2 Å². The normalized spacial score (nSPS) is 16.0. The van der Waals surface area contributed by atoms with Gasteiger partial charge in [-0.1, -0.05) is 54.6 Å². The summed E-state index contributed by atoms with van der Waals surface area (Å²) in [5.41, 5.74) is 1.24. The monoisotopic (exact) mass is 332 g/mol. The van der Waals surface area contributed by atoms with Gasteiger partial charge in [0.2, 0.25) is 0 Å². The van der Waals surface area contributed by atoms with Crippen LogP contribution >= 0.6 is 0 Å². The predicted octanol–water partition coefficient (Wildman–Crippen LogP) is 4.79. The minimum Gasteiger partial charge on any atom is -0.362 e. The van der Waals surface area contributed by atoms with E-state index in [2.05, 4.69) is 75.9 Å². The maximum absolute atomic E-state index is 4.59. The van der Waals surface area contributed by atoms with E-state index in [1.54, 1.807) is 0 Å². The Kier molecular flexibility index (Phi) is 4.51. The van der Waals surface area contributed by atoms with Crippen LogP contribution in [0.15, 0.2) is 54.6 Å². The zero-order valence-corrected chi connectivity index (χ0v) is 14.7. The molecule has 1 aliphatic heterocycles. The quantitative estimate of drug-likeness (QED) is 0.745. The SMILES string of the molecule is CC(Nc1nnc(N2CCCCC2)c2ccccc12)c1ccccc1. The molecule has 128 valence electrons. The maximum atomic E-state index is 4.59. The van der Waals surface area contributed by atoms with Crippen LogP contribution in [0.5, 0.6) is 0 Å². The first kappa shape index (κ1) is 15.9. The fourth-order valence-corrected chi connectivity index (χ4v) is 3.57. The van der Waals surface area contributed by atoms with Gasteiger partial charge < -0.3 is 10.2 Å². The van der Waals surface area contributed by atoms with Crippen LogP contribution in [-0.4, -0.2) is 23.3 Å². The number of piperidine rings is 1. The Labute approximate surface area is 148 Å². The van der Waals surface area contributed by atoms with Gasteiger partial charge in [-0.15, -0.1) is 10.2 Å². The minimum absolute atomic E-state index is 0.180. The number of fused-ring (bicyclic) bond motifs is 1. The van der Waals surface area contributed by atoms with Crippen molar-refractivity contribution in [3.63, 3.8) is 0 Å². The molecular weight excluding hydrogens is 308 g/mol. The molecule has 4 rings (SSSR count). The van der Waals surface area contributed by atoms with Crippen LogP contribution in [0.2, 0.25) is 0 Å². The lowest BCUT2D eigenvalue weighted by atomic mass is 10.1. The third kappa shape index (κ3) is 3.29. The van der Waals surface area contributed by atoms with Crippen molar-refractivity contribution in [2.75, 3.05) is 23.3 Å². The van der Waals surface area contributed by atoms with Crippen molar-refractivity contribution in [3.8, 4) is 0 Å². The van der Waals surface area contributed by atoms with Gasteiger partial charge in [-0.25, -0.2) is 0 Å². The molecule has 4 nitrogen and oxygen atoms in total. The fraction of sp³-hybridized carbons (Fsp3) is 0.333. The minimum atomic E-state index is 0.180. The summed E-state index contributed by atoms with van der Waals surface area (Å²) in [6, 6.07) is 19.1. The van der Waals surface area contributed by atoms with Gasteiger partial charge in [-0.2, -0.15) is 0 Å². The van der Waals surface area contributed by atoms with Crippen molar-refractivity contribution in [1.29, 1.82) is 0 Å². The smallest absolute Gasteiger partial charge is 0.159 e. The number of hydrogen-bond acceptors (Lipinski definition) is 4. The summed E-state index contributed by atoms with van der Waals surface area (Å²) in [7, 11) is 0. The van der Waals surface area contributed by atoms with Crippen LogP contribution in [-0.2, 0) is 0 Å². The number of benzene rings is 2. The van der Waals surface area contributed by atoms with Gasteiger partial charge in [0.15, 0.2) is 11.6 Å². The molecule has 25 heavy (non-hydrogen) atoms. The lowest BCUT2D eigenvalue weighted by molar-refractivity contribution is 0.573. The van der Waals surface area contributed by atoms with Crippen molar-refractivity contribution in [2.24, 2.45) is 0 Å². The largest absolute Gasteiger partial charge is 0.362 e. The highest BCUT2D eigenvalue weighted by atomic mass is 15.3. The third-order valence-corrected chi connectivity index (χ3v) is 4.98. The highest BCUT2D eigenvalue weighted by molar-refractivity contribution is 5.98. The second kappa shape index (κ2) is 7.09. The van der Waals surface area contributed by atoms with Crippen LogP contribution in [0.25, 0.3) is 10.8 Å². The Morgan fingerprint density at radius 3 is 2.28 bits per heavy atom. The van der Waals surface area contributed by atoms with E-state index in [9.17, 15) is 0 Å². The second-order valence-corrected chi connectivity index (χ2v) is 6.74. The van der Waals surface area contributed by atoms with E-state index in [0.717, 1.165) is 30.1 Å². The van der Waals surface area contributed by atoms with Crippen molar-refractivity contribution in [1.82, 2.24) is 10.2 Å². The number of nitrogens with one attached hydrogen (secondary N) is 1. The highest BCUT2D eigenvalue weighted by Gasteiger charge is 2.18. The Hall–Kier alpha value is -2.62. The van der Waals surface area contributed by atoms with Crippen LogP contribution in [0.3, 0.4) is 0 Å². The molecule has 0 amide bonds. The summed E-state index contributed by atoms with van der Waals surface area (Å²) in [6.45, 7) is 4.31. The van der Waals surface area contributed by atoms with Crippen LogP contribution < -0.4 is 10.2 Å². The molecule has 0 bridgehead atoms. The van der Waals surface area contributed by atoms with Crippen LogP contribution in [0.4, 0.5) is 11.6 Å². The molecule has 0 saturated carbocycles. The van der Waals surface area contributed by atoms with Gasteiger partial charge in [0.1, 0.15) is 0 Å². The van der Waals surface area contributed by atoms with E-state index in [-0.39, 0.29) is 6.04 Å². The molecule has 0 radical (unpaired) electrons. The van der Waals surface area contributed by atoms with Gasteiger partial charge in [-0.05, 0) is 31.7 Å². The molecule has 2 heterocycles. The number of nitrogens with zero attached hydrogens (tertiary/aromatic N) is 3. The molecule has 1 atom stereocenters. The summed E-state index contributed by atoms with van der Waals surface area (Å²) in [5, 5.41) is 15.0. The summed E-state index contributed by atoms with van der Waals surface area (Å²) in [5.74, 6) is 1.88. The molecule has 1 aliphatic rings. The average molecular weight is 332 g/mol. The summed E-state index contributed by atoms with van der Waals surface area (Å²) < 4.78 is 0. The van der Waals surface area contributed by atoms with E-state index < -0.39 is 0 Å². The molecule has 0 aliphatic carbocycles. The van der Waals surface area contributed by atoms with E-state index in [1.807, 2.05) is 6.07 Å². The van der Waals surface area contributed by atoms with E-state index in [4.69, 9.17) is 0 Å². The summed E-state index contributed by atoms with van der Waals surface area (Å²) in [6.07, 6.45) is 3.79. The summed E-state index contributed by atoms with van der Waals surface area (Å²) >= 11 is 0. The Balaban J connectivity index is 1.68.